The largest absolute Gasteiger partial charge is 0.457 e. The van der Waals surface area contributed by atoms with Crippen LogP contribution in [0, 0.1) is 11.3 Å². The van der Waals surface area contributed by atoms with Crippen LogP contribution in [0.15, 0.2) is 51.5 Å². The zero-order valence-electron chi connectivity index (χ0n) is 12.9. The van der Waals surface area contributed by atoms with Gasteiger partial charge in [0, 0.05) is 21.2 Å². The molecule has 3 rings (SSSR count). The van der Waals surface area contributed by atoms with Crippen LogP contribution in [0.1, 0.15) is 12.7 Å². The van der Waals surface area contributed by atoms with Gasteiger partial charge in [-0.15, -0.1) is 0 Å². The zero-order valence-corrected chi connectivity index (χ0v) is 14.4. The van der Waals surface area contributed by atoms with E-state index in [1.54, 1.807) is 43.3 Å². The van der Waals surface area contributed by atoms with Crippen molar-refractivity contribution < 1.29 is 14.0 Å². The lowest BCUT2D eigenvalue weighted by atomic mass is 9.96. The maximum atomic E-state index is 12.0. The summed E-state index contributed by atoms with van der Waals surface area (Å²) in [5.74, 6) is -0.367. The molecule has 25 heavy (non-hydrogen) atoms. The molecule has 0 aliphatic carbocycles. The zero-order chi connectivity index (χ0) is 18.1. The molecule has 7 heteroatoms. The molecular weight excluding hydrogens is 363 g/mol. The maximum absolute atomic E-state index is 12.0. The van der Waals surface area contributed by atoms with Gasteiger partial charge >= 0.3 is 0 Å². The Kier molecular flexibility index (Phi) is 4.49. The van der Waals surface area contributed by atoms with Crippen molar-refractivity contribution >= 4 is 41.1 Å². The lowest BCUT2D eigenvalue weighted by molar-refractivity contribution is -0.126. The molecule has 2 amide bonds. The van der Waals surface area contributed by atoms with Gasteiger partial charge in [0.25, 0.3) is 11.8 Å². The van der Waals surface area contributed by atoms with Crippen LogP contribution < -0.4 is 5.32 Å². The van der Waals surface area contributed by atoms with Gasteiger partial charge in [-0.2, -0.15) is 5.26 Å². The number of hydrogen-bond acceptors (Lipinski definition) is 4. The van der Waals surface area contributed by atoms with Crippen molar-refractivity contribution in [3.05, 3.63) is 62.9 Å². The number of furan rings is 1. The van der Waals surface area contributed by atoms with E-state index in [9.17, 15) is 9.59 Å². The van der Waals surface area contributed by atoms with Gasteiger partial charge in [-0.25, -0.2) is 0 Å². The van der Waals surface area contributed by atoms with Crippen LogP contribution >= 0.6 is 23.2 Å². The monoisotopic (exact) mass is 372 g/mol. The van der Waals surface area contributed by atoms with E-state index in [0.29, 0.717) is 32.7 Å². The van der Waals surface area contributed by atoms with Gasteiger partial charge in [0.05, 0.1) is 0 Å². The van der Waals surface area contributed by atoms with Crippen molar-refractivity contribution in [2.24, 2.45) is 0 Å². The standard InChI is InChI=1S/C18H10Cl2N2O3/c1-9-14(17(23)22-18(24)15(9)8-21)7-13-2-3-16(25-13)10-4-11(19)6-12(20)5-10/h2-7H,1H3,(H,22,23,24). The predicted octanol–water partition coefficient (Wildman–Crippen LogP) is 4.13. The summed E-state index contributed by atoms with van der Waals surface area (Å²) in [7, 11) is 0. The summed E-state index contributed by atoms with van der Waals surface area (Å²) >= 11 is 12.0. The minimum atomic E-state index is -0.698. The molecule has 0 fully saturated rings. The highest BCUT2D eigenvalue weighted by Crippen LogP contribution is 2.30. The maximum Gasteiger partial charge on any atom is 0.269 e. The number of imide groups is 1. The Bertz CT molecular complexity index is 989. The van der Waals surface area contributed by atoms with Crippen LogP contribution in [-0.2, 0) is 9.59 Å². The summed E-state index contributed by atoms with van der Waals surface area (Å²) in [5.41, 5.74) is 1.09. The molecular formula is C18H10Cl2N2O3. The fourth-order valence-corrected chi connectivity index (χ4v) is 2.97. The van der Waals surface area contributed by atoms with Crippen molar-refractivity contribution in [3.63, 3.8) is 0 Å². The van der Waals surface area contributed by atoms with Crippen LogP contribution in [0.2, 0.25) is 10.0 Å². The van der Waals surface area contributed by atoms with E-state index in [-0.39, 0.29) is 11.1 Å². The Morgan fingerprint density at radius 3 is 2.44 bits per heavy atom. The van der Waals surface area contributed by atoms with Crippen LogP contribution in [0.25, 0.3) is 17.4 Å². The summed E-state index contributed by atoms with van der Waals surface area (Å²) in [4.78, 5) is 23.6. The number of nitriles is 1. The van der Waals surface area contributed by atoms with Crippen LogP contribution in [0.3, 0.4) is 0 Å². The first-order chi connectivity index (χ1) is 11.9. The fourth-order valence-electron chi connectivity index (χ4n) is 2.44. The van der Waals surface area contributed by atoms with E-state index < -0.39 is 11.8 Å². The molecule has 0 spiro atoms. The van der Waals surface area contributed by atoms with Crippen LogP contribution in [0.4, 0.5) is 0 Å². The number of carbonyl (C=O) groups is 2. The summed E-state index contributed by atoms with van der Waals surface area (Å²) < 4.78 is 5.71. The summed E-state index contributed by atoms with van der Waals surface area (Å²) in [6.07, 6.45) is 1.48. The van der Waals surface area contributed by atoms with E-state index >= 15 is 0 Å². The van der Waals surface area contributed by atoms with Crippen molar-refractivity contribution in [2.75, 3.05) is 0 Å². The Hall–Kier alpha value is -2.81. The minimum absolute atomic E-state index is 0.0979. The highest BCUT2D eigenvalue weighted by molar-refractivity contribution is 6.35. The van der Waals surface area contributed by atoms with E-state index in [2.05, 4.69) is 5.32 Å². The van der Waals surface area contributed by atoms with Gasteiger partial charge in [-0.1, -0.05) is 23.2 Å². The SMILES string of the molecule is CC1=C(C#N)C(=O)NC(=O)C1=Cc1ccc(-c2cc(Cl)cc(Cl)c2)o1. The molecule has 2 aromatic rings. The average Bonchev–Trinajstić information content (AvgIpc) is 2.99. The number of hydrogen-bond donors (Lipinski definition) is 1. The molecule has 1 N–H and O–H groups in total. The smallest absolute Gasteiger partial charge is 0.269 e. The van der Waals surface area contributed by atoms with Gasteiger partial charge in [0.1, 0.15) is 23.2 Å². The third-order valence-electron chi connectivity index (χ3n) is 3.65. The molecule has 5 nitrogen and oxygen atoms in total. The first kappa shape index (κ1) is 17.0. The summed E-state index contributed by atoms with van der Waals surface area (Å²) in [6, 6.07) is 10.2. The average molecular weight is 373 g/mol. The number of halogens is 2. The summed E-state index contributed by atoms with van der Waals surface area (Å²) in [5, 5.41) is 12.1. The molecule has 1 aliphatic rings. The number of amides is 2. The normalized spacial score (nSPS) is 16.2. The van der Waals surface area contributed by atoms with Gasteiger partial charge in [0.2, 0.25) is 0 Å². The number of nitrogens with one attached hydrogen (secondary N) is 1. The molecule has 1 aromatic heterocycles. The summed E-state index contributed by atoms with van der Waals surface area (Å²) in [6.45, 7) is 1.54. The lowest BCUT2D eigenvalue weighted by Gasteiger charge is -2.15. The van der Waals surface area contributed by atoms with Crippen LogP contribution in [-0.4, -0.2) is 11.8 Å². The minimum Gasteiger partial charge on any atom is -0.457 e. The number of nitrogens with zero attached hydrogens (tertiary/aromatic N) is 1. The fraction of sp³-hybridized carbons (Fsp3) is 0.0556. The first-order valence-electron chi connectivity index (χ1n) is 7.14. The molecule has 0 radical (unpaired) electrons. The number of benzene rings is 1. The van der Waals surface area contributed by atoms with Gasteiger partial charge < -0.3 is 4.42 Å². The molecule has 2 heterocycles. The highest BCUT2D eigenvalue weighted by Gasteiger charge is 2.27. The van der Waals surface area contributed by atoms with Crippen LogP contribution in [0.5, 0.6) is 0 Å². The number of rotatable bonds is 2. The molecule has 0 bridgehead atoms. The quantitative estimate of drug-likeness (QED) is 0.634. The molecule has 0 atom stereocenters. The second kappa shape index (κ2) is 6.60. The molecule has 0 saturated heterocycles. The van der Waals surface area contributed by atoms with Crippen molar-refractivity contribution in [2.45, 2.75) is 6.92 Å². The lowest BCUT2D eigenvalue weighted by Crippen LogP contribution is -2.37. The molecule has 0 unspecified atom stereocenters. The molecule has 0 saturated carbocycles. The van der Waals surface area contributed by atoms with E-state index in [1.165, 1.54) is 6.08 Å². The van der Waals surface area contributed by atoms with Crippen molar-refractivity contribution in [3.8, 4) is 17.4 Å². The van der Waals surface area contributed by atoms with Gasteiger partial charge in [-0.05, 0) is 48.9 Å². The van der Waals surface area contributed by atoms with Gasteiger partial charge in [0.15, 0.2) is 0 Å². The van der Waals surface area contributed by atoms with Crippen molar-refractivity contribution in [1.82, 2.24) is 5.32 Å². The Morgan fingerprint density at radius 1 is 1.12 bits per heavy atom. The van der Waals surface area contributed by atoms with E-state index in [0.717, 1.165) is 0 Å². The number of carbonyl (C=O) groups excluding carboxylic acids is 2. The third kappa shape index (κ3) is 3.36. The third-order valence-corrected chi connectivity index (χ3v) is 4.09. The second-order valence-corrected chi connectivity index (χ2v) is 6.19. The molecule has 1 aliphatic heterocycles. The Balaban J connectivity index is 2.02. The van der Waals surface area contributed by atoms with Crippen molar-refractivity contribution in [1.29, 1.82) is 5.26 Å². The topological polar surface area (TPSA) is 83.1 Å². The van der Waals surface area contributed by atoms with E-state index in [4.69, 9.17) is 32.9 Å². The predicted molar refractivity (Wildman–Crippen MR) is 93.6 cm³/mol. The van der Waals surface area contributed by atoms with Gasteiger partial charge in [-0.3, -0.25) is 14.9 Å². The Morgan fingerprint density at radius 2 is 1.80 bits per heavy atom. The highest BCUT2D eigenvalue weighted by atomic mass is 35.5. The molecule has 1 aromatic carbocycles. The second-order valence-electron chi connectivity index (χ2n) is 5.31. The molecule has 124 valence electrons. The van der Waals surface area contributed by atoms with E-state index in [1.807, 2.05) is 0 Å². The first-order valence-corrected chi connectivity index (χ1v) is 7.89. The Labute approximate surface area is 153 Å².